The van der Waals surface area contributed by atoms with Crippen LogP contribution in [0.3, 0.4) is 0 Å². The Morgan fingerprint density at radius 3 is 2.76 bits per heavy atom. The van der Waals surface area contributed by atoms with Crippen LogP contribution in [-0.2, 0) is 11.8 Å². The number of hydrogen-bond donors (Lipinski definition) is 1. The van der Waals surface area contributed by atoms with Gasteiger partial charge >= 0.3 is 0 Å². The number of fused-ring (bicyclic) bond motifs is 1. The fourth-order valence-electron chi connectivity index (χ4n) is 3.29. The van der Waals surface area contributed by atoms with Crippen molar-refractivity contribution in [2.45, 2.75) is 32.6 Å². The molecule has 0 aliphatic heterocycles. The number of aromatic nitrogens is 1. The van der Waals surface area contributed by atoms with Crippen molar-refractivity contribution >= 4 is 28.1 Å². The number of nitrogens with one attached hydrogen (secondary N) is 1. The highest BCUT2D eigenvalue weighted by Crippen LogP contribution is 2.35. The maximum Gasteiger partial charge on any atom is 0.220 e. The number of benzene rings is 1. The minimum atomic E-state index is 0.0939. The standard InChI is InChI=1S/C21H26N2OS/c1-15(2)8-10-22-21(24)12-18(16-9-11-25-14-16)19-13-23(3)20-7-5-4-6-17(19)20/h4-7,9,11,13-15,18H,8,10,12H2,1-3H3,(H,22,24). The molecule has 3 aromatic rings. The van der Waals surface area contributed by atoms with E-state index in [1.165, 1.54) is 22.0 Å². The van der Waals surface area contributed by atoms with E-state index in [2.05, 4.69) is 78.1 Å². The van der Waals surface area contributed by atoms with Crippen LogP contribution < -0.4 is 5.32 Å². The molecule has 1 N–H and O–H groups in total. The summed E-state index contributed by atoms with van der Waals surface area (Å²) in [6.07, 6.45) is 3.68. The lowest BCUT2D eigenvalue weighted by molar-refractivity contribution is -0.121. The van der Waals surface area contributed by atoms with Gasteiger partial charge in [0, 0.05) is 43.0 Å². The first-order chi connectivity index (χ1) is 12.1. The number of thiophene rings is 1. The van der Waals surface area contributed by atoms with Crippen molar-refractivity contribution in [3.63, 3.8) is 0 Å². The van der Waals surface area contributed by atoms with Crippen molar-refractivity contribution in [2.24, 2.45) is 13.0 Å². The van der Waals surface area contributed by atoms with Crippen LogP contribution in [0, 0.1) is 5.92 Å². The van der Waals surface area contributed by atoms with E-state index in [0.717, 1.165) is 13.0 Å². The first kappa shape index (κ1) is 17.7. The van der Waals surface area contributed by atoms with Gasteiger partial charge in [0.2, 0.25) is 5.91 Å². The Morgan fingerprint density at radius 2 is 2.04 bits per heavy atom. The summed E-state index contributed by atoms with van der Waals surface area (Å²) in [5, 5.41) is 8.57. The molecule has 25 heavy (non-hydrogen) atoms. The molecule has 1 unspecified atom stereocenters. The summed E-state index contributed by atoms with van der Waals surface area (Å²) in [4.78, 5) is 12.5. The van der Waals surface area contributed by atoms with Crippen molar-refractivity contribution in [3.05, 3.63) is 58.4 Å². The summed E-state index contributed by atoms with van der Waals surface area (Å²) in [6, 6.07) is 10.6. The number of aryl methyl sites for hydroxylation is 1. The molecule has 0 fully saturated rings. The molecule has 132 valence electrons. The van der Waals surface area contributed by atoms with Crippen molar-refractivity contribution in [1.82, 2.24) is 9.88 Å². The molecule has 2 heterocycles. The molecule has 0 saturated carbocycles. The third kappa shape index (κ3) is 4.13. The van der Waals surface area contributed by atoms with E-state index in [9.17, 15) is 4.79 Å². The number of amides is 1. The van der Waals surface area contributed by atoms with Crippen LogP contribution in [0.15, 0.2) is 47.3 Å². The third-order valence-corrected chi connectivity index (χ3v) is 5.38. The fourth-order valence-corrected chi connectivity index (χ4v) is 4.00. The van der Waals surface area contributed by atoms with Crippen LogP contribution in [0.4, 0.5) is 0 Å². The molecular formula is C21H26N2OS. The van der Waals surface area contributed by atoms with Crippen LogP contribution in [0.2, 0.25) is 0 Å². The van der Waals surface area contributed by atoms with Crippen molar-refractivity contribution < 1.29 is 4.79 Å². The van der Waals surface area contributed by atoms with Gasteiger partial charge < -0.3 is 9.88 Å². The Bertz CT molecular complexity index is 833. The van der Waals surface area contributed by atoms with Crippen LogP contribution in [0.25, 0.3) is 10.9 Å². The first-order valence-electron chi connectivity index (χ1n) is 8.89. The second kappa shape index (κ2) is 7.87. The number of rotatable bonds is 7. The normalized spacial score (nSPS) is 12.6. The zero-order chi connectivity index (χ0) is 17.8. The van der Waals surface area contributed by atoms with E-state index in [-0.39, 0.29) is 11.8 Å². The number of nitrogens with zero attached hydrogens (tertiary/aromatic N) is 1. The number of carbonyl (C=O) groups is 1. The lowest BCUT2D eigenvalue weighted by Gasteiger charge is -2.16. The van der Waals surface area contributed by atoms with Gasteiger partial charge in [-0.3, -0.25) is 4.79 Å². The summed E-state index contributed by atoms with van der Waals surface area (Å²) >= 11 is 1.69. The predicted molar refractivity (Wildman–Crippen MR) is 106 cm³/mol. The average molecular weight is 355 g/mol. The Morgan fingerprint density at radius 1 is 1.24 bits per heavy atom. The van der Waals surface area contributed by atoms with Gasteiger partial charge in [0.05, 0.1) is 0 Å². The van der Waals surface area contributed by atoms with Gasteiger partial charge in [0.1, 0.15) is 0 Å². The fraction of sp³-hybridized carbons (Fsp3) is 0.381. The first-order valence-corrected chi connectivity index (χ1v) is 9.83. The lowest BCUT2D eigenvalue weighted by Crippen LogP contribution is -2.27. The summed E-state index contributed by atoms with van der Waals surface area (Å²) in [5.74, 6) is 0.826. The molecule has 4 heteroatoms. The summed E-state index contributed by atoms with van der Waals surface area (Å²) in [6.45, 7) is 5.11. The SMILES string of the molecule is CC(C)CCNC(=O)CC(c1ccsc1)c1cn(C)c2ccccc12. The third-order valence-electron chi connectivity index (χ3n) is 4.68. The topological polar surface area (TPSA) is 34.0 Å². The second-order valence-corrected chi connectivity index (χ2v) is 7.84. The highest BCUT2D eigenvalue weighted by molar-refractivity contribution is 7.08. The second-order valence-electron chi connectivity index (χ2n) is 7.06. The highest BCUT2D eigenvalue weighted by Gasteiger charge is 2.22. The molecule has 0 saturated heterocycles. The zero-order valence-electron chi connectivity index (χ0n) is 15.2. The summed E-state index contributed by atoms with van der Waals surface area (Å²) in [7, 11) is 2.07. The molecule has 0 bridgehead atoms. The number of para-hydroxylation sites is 1. The van der Waals surface area contributed by atoms with E-state index in [0.29, 0.717) is 12.3 Å². The van der Waals surface area contributed by atoms with Crippen LogP contribution in [0.5, 0.6) is 0 Å². The molecule has 0 aliphatic carbocycles. The molecule has 3 nitrogen and oxygen atoms in total. The number of hydrogen-bond acceptors (Lipinski definition) is 2. The predicted octanol–water partition coefficient (Wildman–Crippen LogP) is 4.92. The van der Waals surface area contributed by atoms with Crippen molar-refractivity contribution in [2.75, 3.05) is 6.54 Å². The Labute approximate surface area is 153 Å². The molecule has 1 aromatic carbocycles. The van der Waals surface area contributed by atoms with Gasteiger partial charge in [-0.2, -0.15) is 11.3 Å². The van der Waals surface area contributed by atoms with E-state index >= 15 is 0 Å². The zero-order valence-corrected chi connectivity index (χ0v) is 16.0. The minimum Gasteiger partial charge on any atom is -0.356 e. The Hall–Kier alpha value is -2.07. The molecule has 1 amide bonds. The van der Waals surface area contributed by atoms with E-state index in [4.69, 9.17) is 0 Å². The largest absolute Gasteiger partial charge is 0.356 e. The summed E-state index contributed by atoms with van der Waals surface area (Å²) < 4.78 is 2.15. The summed E-state index contributed by atoms with van der Waals surface area (Å²) in [5.41, 5.74) is 3.66. The molecule has 1 atom stereocenters. The molecule has 2 aromatic heterocycles. The van der Waals surface area contributed by atoms with Crippen molar-refractivity contribution in [1.29, 1.82) is 0 Å². The van der Waals surface area contributed by atoms with Crippen LogP contribution in [-0.4, -0.2) is 17.0 Å². The molecule has 0 spiro atoms. The van der Waals surface area contributed by atoms with Crippen LogP contribution >= 0.6 is 11.3 Å². The average Bonchev–Trinajstić information content (AvgIpc) is 3.21. The van der Waals surface area contributed by atoms with Gasteiger partial charge in [0.25, 0.3) is 0 Å². The number of carbonyl (C=O) groups excluding carboxylic acids is 1. The smallest absolute Gasteiger partial charge is 0.220 e. The van der Waals surface area contributed by atoms with E-state index in [1.807, 2.05) is 0 Å². The molecular weight excluding hydrogens is 328 g/mol. The van der Waals surface area contributed by atoms with Crippen molar-refractivity contribution in [3.8, 4) is 0 Å². The highest BCUT2D eigenvalue weighted by atomic mass is 32.1. The van der Waals surface area contributed by atoms with Gasteiger partial charge in [-0.25, -0.2) is 0 Å². The Balaban J connectivity index is 1.87. The molecule has 3 rings (SSSR count). The van der Waals surface area contributed by atoms with E-state index in [1.54, 1.807) is 11.3 Å². The van der Waals surface area contributed by atoms with Gasteiger partial charge in [0.15, 0.2) is 0 Å². The maximum atomic E-state index is 12.5. The minimum absolute atomic E-state index is 0.0939. The van der Waals surface area contributed by atoms with Gasteiger partial charge in [-0.15, -0.1) is 0 Å². The molecule has 0 radical (unpaired) electrons. The molecule has 0 aliphatic rings. The van der Waals surface area contributed by atoms with Gasteiger partial charge in [-0.05, 0) is 46.4 Å². The van der Waals surface area contributed by atoms with Gasteiger partial charge in [-0.1, -0.05) is 32.0 Å². The van der Waals surface area contributed by atoms with Crippen LogP contribution in [0.1, 0.15) is 43.7 Å². The van der Waals surface area contributed by atoms with E-state index < -0.39 is 0 Å². The lowest BCUT2D eigenvalue weighted by atomic mass is 9.89. The monoisotopic (exact) mass is 354 g/mol. The quantitative estimate of drug-likeness (QED) is 0.642. The maximum absolute atomic E-state index is 12.5. The Kier molecular flexibility index (Phi) is 5.59.